The van der Waals surface area contributed by atoms with E-state index >= 15 is 0 Å². The zero-order valence-corrected chi connectivity index (χ0v) is 17.4. The van der Waals surface area contributed by atoms with E-state index in [0.717, 1.165) is 5.52 Å². The van der Waals surface area contributed by atoms with Crippen molar-refractivity contribution < 1.29 is 13.9 Å². The van der Waals surface area contributed by atoms with Gasteiger partial charge >= 0.3 is 0 Å². The monoisotopic (exact) mass is 420 g/mol. The molecule has 30 heavy (non-hydrogen) atoms. The van der Waals surface area contributed by atoms with Crippen molar-refractivity contribution in [3.8, 4) is 17.2 Å². The number of para-hydroxylation sites is 2. The maximum absolute atomic E-state index is 12.3. The number of oxazole rings is 1. The van der Waals surface area contributed by atoms with Gasteiger partial charge in [0.2, 0.25) is 5.89 Å². The molecule has 5 nitrogen and oxygen atoms in total. The zero-order chi connectivity index (χ0) is 21.1. The number of hydrogen-bond donors (Lipinski definition) is 1. The Hall–Kier alpha value is -3.31. The number of halogens is 1. The molecule has 1 N–H and O–H groups in total. The molecule has 4 aromatic rings. The van der Waals surface area contributed by atoms with Gasteiger partial charge in [0, 0.05) is 5.69 Å². The van der Waals surface area contributed by atoms with Gasteiger partial charge < -0.3 is 14.5 Å². The lowest BCUT2D eigenvalue weighted by Crippen LogP contribution is -2.20. The maximum atomic E-state index is 12.3. The van der Waals surface area contributed by atoms with Crippen molar-refractivity contribution in [3.05, 3.63) is 77.3 Å². The third-order valence-electron chi connectivity index (χ3n) is 4.69. The van der Waals surface area contributed by atoms with E-state index in [-0.39, 0.29) is 12.5 Å². The highest BCUT2D eigenvalue weighted by Gasteiger charge is 2.13. The predicted molar refractivity (Wildman–Crippen MR) is 119 cm³/mol. The number of carbonyl (C=O) groups excluding carboxylic acids is 1. The Morgan fingerprint density at radius 3 is 2.60 bits per heavy atom. The number of anilines is 1. The number of amides is 1. The summed E-state index contributed by atoms with van der Waals surface area (Å²) in [6.07, 6.45) is 0. The van der Waals surface area contributed by atoms with E-state index in [1.807, 2.05) is 48.5 Å². The number of ether oxygens (including phenoxy) is 1. The van der Waals surface area contributed by atoms with Crippen molar-refractivity contribution in [2.75, 3.05) is 11.9 Å². The van der Waals surface area contributed by atoms with E-state index in [0.29, 0.717) is 39.4 Å². The van der Waals surface area contributed by atoms with Crippen LogP contribution in [0.5, 0.6) is 5.75 Å². The molecule has 152 valence electrons. The van der Waals surface area contributed by atoms with E-state index < -0.39 is 0 Å². The second kappa shape index (κ2) is 8.59. The number of nitrogens with zero attached hydrogens (tertiary/aromatic N) is 1. The largest absolute Gasteiger partial charge is 0.484 e. The van der Waals surface area contributed by atoms with Gasteiger partial charge in [0.05, 0.1) is 10.6 Å². The van der Waals surface area contributed by atoms with Gasteiger partial charge in [-0.15, -0.1) is 0 Å². The number of nitrogens with one attached hydrogen (secondary N) is 1. The summed E-state index contributed by atoms with van der Waals surface area (Å²) in [5, 5.41) is 3.31. The molecular weight excluding hydrogens is 400 g/mol. The molecule has 0 unspecified atom stereocenters. The minimum absolute atomic E-state index is 0.0954. The fourth-order valence-corrected chi connectivity index (χ4v) is 3.25. The molecule has 1 aromatic heterocycles. The summed E-state index contributed by atoms with van der Waals surface area (Å²) in [6, 6.07) is 20.4. The summed E-state index contributed by atoms with van der Waals surface area (Å²) in [7, 11) is 0. The topological polar surface area (TPSA) is 64.4 Å². The molecular formula is C24H21ClN2O3. The van der Waals surface area contributed by atoms with E-state index in [1.54, 1.807) is 18.2 Å². The summed E-state index contributed by atoms with van der Waals surface area (Å²) < 4.78 is 11.4. The second-order valence-corrected chi connectivity index (χ2v) is 7.65. The predicted octanol–water partition coefficient (Wildman–Crippen LogP) is 6.29. The number of hydrogen-bond acceptors (Lipinski definition) is 4. The first-order valence-corrected chi connectivity index (χ1v) is 10.1. The third-order valence-corrected chi connectivity index (χ3v) is 5.02. The van der Waals surface area contributed by atoms with Crippen LogP contribution in [0.3, 0.4) is 0 Å². The Labute approximate surface area is 179 Å². The van der Waals surface area contributed by atoms with Crippen LogP contribution in [0.15, 0.2) is 71.1 Å². The van der Waals surface area contributed by atoms with Gasteiger partial charge in [0.15, 0.2) is 12.2 Å². The van der Waals surface area contributed by atoms with Crippen LogP contribution in [-0.4, -0.2) is 17.5 Å². The van der Waals surface area contributed by atoms with Gasteiger partial charge in [-0.2, -0.15) is 0 Å². The van der Waals surface area contributed by atoms with Crippen LogP contribution in [0, 0.1) is 0 Å². The SMILES string of the molecule is CC(C)c1ccc(OCC(=O)Nc2ccc(Cl)c(-c3nc4ccccc4o3)c2)cc1. The normalized spacial score (nSPS) is 11.1. The molecule has 0 fully saturated rings. The molecule has 3 aromatic carbocycles. The van der Waals surface area contributed by atoms with Gasteiger partial charge in [0.1, 0.15) is 11.3 Å². The number of aromatic nitrogens is 1. The molecule has 4 rings (SSSR count). The molecule has 0 spiro atoms. The van der Waals surface area contributed by atoms with Crippen LogP contribution < -0.4 is 10.1 Å². The second-order valence-electron chi connectivity index (χ2n) is 7.24. The van der Waals surface area contributed by atoms with E-state index in [1.165, 1.54) is 5.56 Å². The molecule has 0 saturated carbocycles. The van der Waals surface area contributed by atoms with Gasteiger partial charge in [-0.25, -0.2) is 4.98 Å². The first-order valence-electron chi connectivity index (χ1n) is 9.68. The minimum Gasteiger partial charge on any atom is -0.484 e. The van der Waals surface area contributed by atoms with Gasteiger partial charge in [-0.1, -0.05) is 49.7 Å². The highest BCUT2D eigenvalue weighted by atomic mass is 35.5. The third kappa shape index (κ3) is 4.47. The average Bonchev–Trinajstić information content (AvgIpc) is 3.18. The Morgan fingerprint density at radius 1 is 1.10 bits per heavy atom. The van der Waals surface area contributed by atoms with E-state index in [2.05, 4.69) is 24.1 Å². The summed E-state index contributed by atoms with van der Waals surface area (Å²) >= 11 is 6.33. The Kier molecular flexibility index (Phi) is 5.72. The fraction of sp³-hybridized carbons (Fsp3) is 0.167. The number of rotatable bonds is 6. The highest BCUT2D eigenvalue weighted by molar-refractivity contribution is 6.33. The van der Waals surface area contributed by atoms with Crippen molar-refractivity contribution in [1.82, 2.24) is 4.98 Å². The molecule has 0 radical (unpaired) electrons. The summed E-state index contributed by atoms with van der Waals surface area (Å²) in [5.41, 5.74) is 3.83. The molecule has 0 aliphatic rings. The molecule has 0 bridgehead atoms. The number of fused-ring (bicyclic) bond motifs is 1. The van der Waals surface area contributed by atoms with Gasteiger partial charge in [-0.3, -0.25) is 4.79 Å². The molecule has 1 amide bonds. The number of carbonyl (C=O) groups is 1. The Balaban J connectivity index is 1.44. The first kappa shape index (κ1) is 20.0. The van der Waals surface area contributed by atoms with Crippen molar-refractivity contribution in [2.24, 2.45) is 0 Å². The molecule has 6 heteroatoms. The number of benzene rings is 3. The zero-order valence-electron chi connectivity index (χ0n) is 16.7. The first-order chi connectivity index (χ1) is 14.5. The van der Waals surface area contributed by atoms with Crippen LogP contribution in [0.1, 0.15) is 25.3 Å². The lowest BCUT2D eigenvalue weighted by molar-refractivity contribution is -0.118. The summed E-state index contributed by atoms with van der Waals surface area (Å²) in [5.74, 6) is 1.23. The van der Waals surface area contributed by atoms with E-state index in [4.69, 9.17) is 20.8 Å². The Morgan fingerprint density at radius 2 is 1.87 bits per heavy atom. The van der Waals surface area contributed by atoms with Crippen molar-refractivity contribution in [2.45, 2.75) is 19.8 Å². The fourth-order valence-electron chi connectivity index (χ4n) is 3.05. The van der Waals surface area contributed by atoms with Crippen molar-refractivity contribution in [1.29, 1.82) is 0 Å². The van der Waals surface area contributed by atoms with Gasteiger partial charge in [0.25, 0.3) is 5.91 Å². The van der Waals surface area contributed by atoms with Crippen molar-refractivity contribution in [3.63, 3.8) is 0 Å². The average molecular weight is 421 g/mol. The van der Waals surface area contributed by atoms with Gasteiger partial charge in [-0.05, 0) is 53.9 Å². The van der Waals surface area contributed by atoms with Crippen LogP contribution in [0.25, 0.3) is 22.6 Å². The quantitative estimate of drug-likeness (QED) is 0.398. The molecule has 0 atom stereocenters. The van der Waals surface area contributed by atoms with E-state index in [9.17, 15) is 4.79 Å². The van der Waals surface area contributed by atoms with Crippen LogP contribution in [0.4, 0.5) is 5.69 Å². The molecule has 1 heterocycles. The smallest absolute Gasteiger partial charge is 0.262 e. The van der Waals surface area contributed by atoms with Crippen LogP contribution in [-0.2, 0) is 4.79 Å². The minimum atomic E-state index is -0.270. The standard InChI is InChI=1S/C24H21ClN2O3/c1-15(2)16-7-10-18(11-8-16)29-14-23(28)26-17-9-12-20(25)19(13-17)24-27-21-5-3-4-6-22(21)30-24/h3-13,15H,14H2,1-2H3,(H,26,28). The van der Waals surface area contributed by atoms with Crippen LogP contribution >= 0.6 is 11.6 Å². The van der Waals surface area contributed by atoms with Crippen molar-refractivity contribution >= 4 is 34.3 Å². The van der Waals surface area contributed by atoms with Crippen LogP contribution in [0.2, 0.25) is 5.02 Å². The lowest BCUT2D eigenvalue weighted by Gasteiger charge is -2.10. The summed E-state index contributed by atoms with van der Waals surface area (Å²) in [4.78, 5) is 16.8. The molecule has 0 saturated heterocycles. The maximum Gasteiger partial charge on any atom is 0.262 e. The molecule has 0 aliphatic heterocycles. The highest BCUT2D eigenvalue weighted by Crippen LogP contribution is 2.32. The summed E-state index contributed by atoms with van der Waals surface area (Å²) in [6.45, 7) is 4.16. The Bertz CT molecular complexity index is 1150. The lowest BCUT2D eigenvalue weighted by atomic mass is 10.0. The molecule has 0 aliphatic carbocycles.